The zero-order valence-corrected chi connectivity index (χ0v) is 17.8. The molecular formula is C23H19N5O2S. The standard InChI is InChI=1S/C23H19N5O2S/c1-14-8-6-7-11-17(14)22-26-18(15(2)30-22)12-31-23-27-19-20(24-13-25-21(19)29)28(23)16-9-4-3-5-10-16/h3-11,13H,12H2,1-2H3,(H,24,25,29). The van der Waals surface area contributed by atoms with Crippen LogP contribution in [0.4, 0.5) is 0 Å². The second kappa shape index (κ2) is 7.88. The fourth-order valence-corrected chi connectivity index (χ4v) is 4.42. The molecule has 0 aliphatic carbocycles. The van der Waals surface area contributed by atoms with Gasteiger partial charge in [0.25, 0.3) is 5.56 Å². The highest BCUT2D eigenvalue weighted by molar-refractivity contribution is 7.98. The first kappa shape index (κ1) is 19.3. The SMILES string of the molecule is Cc1ccccc1-c1nc(CSc2nc3c(=O)[nH]cnc3n2-c2ccccc2)c(C)o1. The van der Waals surface area contributed by atoms with E-state index in [9.17, 15) is 4.79 Å². The second-order valence-electron chi connectivity index (χ2n) is 7.09. The first-order chi connectivity index (χ1) is 15.1. The van der Waals surface area contributed by atoms with Crippen LogP contribution in [0.1, 0.15) is 17.0 Å². The van der Waals surface area contributed by atoms with Gasteiger partial charge in [-0.2, -0.15) is 0 Å². The summed E-state index contributed by atoms with van der Waals surface area (Å²) in [5.74, 6) is 1.93. The number of oxazole rings is 1. The van der Waals surface area contributed by atoms with Crippen LogP contribution in [0.3, 0.4) is 0 Å². The van der Waals surface area contributed by atoms with Crippen molar-refractivity contribution >= 4 is 22.9 Å². The molecule has 0 fully saturated rings. The van der Waals surface area contributed by atoms with Crippen molar-refractivity contribution in [2.75, 3.05) is 0 Å². The molecular weight excluding hydrogens is 410 g/mol. The number of benzene rings is 2. The smallest absolute Gasteiger partial charge is 0.278 e. The van der Waals surface area contributed by atoms with Gasteiger partial charge in [0.2, 0.25) is 5.89 Å². The third-order valence-electron chi connectivity index (χ3n) is 5.04. The molecule has 3 heterocycles. The van der Waals surface area contributed by atoms with E-state index in [0.29, 0.717) is 28.0 Å². The molecule has 0 unspecified atom stereocenters. The van der Waals surface area contributed by atoms with Gasteiger partial charge in [-0.1, -0.05) is 48.2 Å². The maximum atomic E-state index is 12.3. The van der Waals surface area contributed by atoms with Crippen LogP contribution < -0.4 is 5.56 Å². The van der Waals surface area contributed by atoms with Crippen LogP contribution >= 0.6 is 11.8 Å². The third kappa shape index (κ3) is 3.55. The summed E-state index contributed by atoms with van der Waals surface area (Å²) < 4.78 is 7.84. The average Bonchev–Trinajstić information content (AvgIpc) is 3.34. The molecule has 0 radical (unpaired) electrons. The largest absolute Gasteiger partial charge is 0.441 e. The summed E-state index contributed by atoms with van der Waals surface area (Å²) in [7, 11) is 0. The summed E-state index contributed by atoms with van der Waals surface area (Å²) in [6, 6.07) is 17.8. The molecule has 5 rings (SSSR count). The number of rotatable bonds is 5. The average molecular weight is 430 g/mol. The summed E-state index contributed by atoms with van der Waals surface area (Å²) in [6.45, 7) is 3.95. The Kier molecular flexibility index (Phi) is 4.91. The maximum Gasteiger partial charge on any atom is 0.278 e. The fourth-order valence-electron chi connectivity index (χ4n) is 3.41. The molecule has 8 heteroatoms. The number of aryl methyl sites for hydroxylation is 2. The molecule has 0 aliphatic rings. The number of thioether (sulfide) groups is 1. The van der Waals surface area contributed by atoms with Crippen LogP contribution in [-0.4, -0.2) is 24.5 Å². The Morgan fingerprint density at radius 3 is 2.61 bits per heavy atom. The Morgan fingerprint density at radius 1 is 1.03 bits per heavy atom. The van der Waals surface area contributed by atoms with Crippen LogP contribution in [0.2, 0.25) is 0 Å². The Hall–Kier alpha value is -3.65. The van der Waals surface area contributed by atoms with E-state index in [2.05, 4.69) is 15.0 Å². The van der Waals surface area contributed by atoms with Crippen molar-refractivity contribution in [3.05, 3.63) is 88.3 Å². The number of H-pyrrole nitrogens is 1. The van der Waals surface area contributed by atoms with Gasteiger partial charge in [0.05, 0.1) is 12.0 Å². The van der Waals surface area contributed by atoms with E-state index < -0.39 is 0 Å². The van der Waals surface area contributed by atoms with Crippen LogP contribution in [0.25, 0.3) is 28.3 Å². The lowest BCUT2D eigenvalue weighted by atomic mass is 10.1. The third-order valence-corrected chi connectivity index (χ3v) is 5.99. The van der Waals surface area contributed by atoms with E-state index in [1.807, 2.05) is 73.0 Å². The summed E-state index contributed by atoms with van der Waals surface area (Å²) in [5.41, 5.74) is 4.40. The molecule has 0 aliphatic heterocycles. The molecule has 3 aromatic heterocycles. The predicted octanol–water partition coefficient (Wildman–Crippen LogP) is 4.67. The van der Waals surface area contributed by atoms with Crippen molar-refractivity contribution in [1.29, 1.82) is 0 Å². The molecule has 31 heavy (non-hydrogen) atoms. The van der Waals surface area contributed by atoms with Crippen molar-refractivity contribution in [2.24, 2.45) is 0 Å². The van der Waals surface area contributed by atoms with Gasteiger partial charge in [0.15, 0.2) is 16.3 Å². The Morgan fingerprint density at radius 2 is 1.81 bits per heavy atom. The van der Waals surface area contributed by atoms with Crippen molar-refractivity contribution in [3.63, 3.8) is 0 Å². The van der Waals surface area contributed by atoms with Crippen LogP contribution in [-0.2, 0) is 5.75 Å². The van der Waals surface area contributed by atoms with Crippen molar-refractivity contribution in [3.8, 4) is 17.1 Å². The van der Waals surface area contributed by atoms with E-state index in [1.165, 1.54) is 18.1 Å². The summed E-state index contributed by atoms with van der Waals surface area (Å²) in [6.07, 6.45) is 1.40. The Bertz CT molecular complexity index is 1440. The number of nitrogens with zero attached hydrogens (tertiary/aromatic N) is 4. The molecule has 2 aromatic carbocycles. The number of aromatic nitrogens is 5. The molecule has 0 saturated heterocycles. The van der Waals surface area contributed by atoms with Gasteiger partial charge in [-0.3, -0.25) is 9.36 Å². The van der Waals surface area contributed by atoms with E-state index in [0.717, 1.165) is 28.3 Å². The summed E-state index contributed by atoms with van der Waals surface area (Å²) in [4.78, 5) is 28.5. The van der Waals surface area contributed by atoms with Gasteiger partial charge < -0.3 is 9.40 Å². The minimum atomic E-state index is -0.263. The topological polar surface area (TPSA) is 89.6 Å². The van der Waals surface area contributed by atoms with Crippen molar-refractivity contribution < 1.29 is 4.42 Å². The molecule has 7 nitrogen and oxygen atoms in total. The lowest BCUT2D eigenvalue weighted by Gasteiger charge is -2.07. The summed E-state index contributed by atoms with van der Waals surface area (Å²) in [5, 5.41) is 0.672. The van der Waals surface area contributed by atoms with Gasteiger partial charge in [-0.15, -0.1) is 0 Å². The number of aromatic amines is 1. The number of imidazole rings is 1. The summed E-state index contributed by atoms with van der Waals surface area (Å²) >= 11 is 1.49. The Labute approximate surface area is 182 Å². The van der Waals surface area contributed by atoms with Gasteiger partial charge in [0, 0.05) is 17.0 Å². The zero-order chi connectivity index (χ0) is 21.4. The number of hydrogen-bond donors (Lipinski definition) is 1. The lowest BCUT2D eigenvalue weighted by molar-refractivity contribution is 0.540. The van der Waals surface area contributed by atoms with Gasteiger partial charge in [-0.05, 0) is 37.6 Å². The molecule has 5 aromatic rings. The van der Waals surface area contributed by atoms with Crippen LogP contribution in [0.15, 0.2) is 75.3 Å². The molecule has 1 N–H and O–H groups in total. The number of para-hydroxylation sites is 1. The highest BCUT2D eigenvalue weighted by Crippen LogP contribution is 2.31. The maximum absolute atomic E-state index is 12.3. The Balaban J connectivity index is 1.52. The fraction of sp³-hybridized carbons (Fsp3) is 0.130. The van der Waals surface area contributed by atoms with E-state index in [1.54, 1.807) is 0 Å². The highest BCUT2D eigenvalue weighted by atomic mass is 32.2. The number of fused-ring (bicyclic) bond motifs is 1. The van der Waals surface area contributed by atoms with Crippen molar-refractivity contribution in [2.45, 2.75) is 24.8 Å². The van der Waals surface area contributed by atoms with Crippen molar-refractivity contribution in [1.82, 2.24) is 24.5 Å². The van der Waals surface area contributed by atoms with E-state index in [-0.39, 0.29) is 5.56 Å². The van der Waals surface area contributed by atoms with Crippen LogP contribution in [0, 0.1) is 13.8 Å². The van der Waals surface area contributed by atoms with Gasteiger partial charge in [-0.25, -0.2) is 15.0 Å². The molecule has 0 atom stereocenters. The quantitative estimate of drug-likeness (QED) is 0.408. The minimum Gasteiger partial charge on any atom is -0.441 e. The zero-order valence-electron chi connectivity index (χ0n) is 17.0. The number of nitrogens with one attached hydrogen (secondary N) is 1. The lowest BCUT2D eigenvalue weighted by Crippen LogP contribution is -2.07. The molecule has 0 bridgehead atoms. The molecule has 0 amide bonds. The predicted molar refractivity (Wildman–Crippen MR) is 120 cm³/mol. The minimum absolute atomic E-state index is 0.263. The highest BCUT2D eigenvalue weighted by Gasteiger charge is 2.19. The van der Waals surface area contributed by atoms with Gasteiger partial charge >= 0.3 is 0 Å². The first-order valence-electron chi connectivity index (χ1n) is 9.78. The molecule has 0 saturated carbocycles. The second-order valence-corrected chi connectivity index (χ2v) is 8.04. The number of hydrogen-bond acceptors (Lipinski definition) is 6. The monoisotopic (exact) mass is 429 g/mol. The van der Waals surface area contributed by atoms with Gasteiger partial charge in [0.1, 0.15) is 5.76 Å². The van der Waals surface area contributed by atoms with E-state index >= 15 is 0 Å². The first-order valence-corrected chi connectivity index (χ1v) is 10.8. The molecule has 0 spiro atoms. The van der Waals surface area contributed by atoms with E-state index in [4.69, 9.17) is 9.40 Å². The molecule has 154 valence electrons. The van der Waals surface area contributed by atoms with Crippen LogP contribution in [0.5, 0.6) is 0 Å². The normalized spacial score (nSPS) is 11.3.